The molecule has 1 aliphatic rings. The van der Waals surface area contributed by atoms with E-state index in [9.17, 15) is 9.59 Å². The molecule has 0 N–H and O–H groups in total. The second kappa shape index (κ2) is 14.3. The predicted molar refractivity (Wildman–Crippen MR) is 181 cm³/mol. The van der Waals surface area contributed by atoms with E-state index >= 15 is 0 Å². The van der Waals surface area contributed by atoms with Crippen molar-refractivity contribution in [2.75, 3.05) is 27.9 Å². The Balaban J connectivity index is 1.60. The number of rotatable bonds is 10. The Kier molecular flexibility index (Phi) is 10.5. The molecule has 0 saturated heterocycles. The molecular formula is C33H29BrCl2N2O7S. The zero-order valence-electron chi connectivity index (χ0n) is 25.5. The van der Waals surface area contributed by atoms with Crippen LogP contribution in [0.5, 0.6) is 23.0 Å². The fourth-order valence-corrected chi connectivity index (χ4v) is 7.12. The summed E-state index contributed by atoms with van der Waals surface area (Å²) in [7, 11) is 4.60. The van der Waals surface area contributed by atoms with Gasteiger partial charge in [-0.05, 0) is 77.8 Å². The van der Waals surface area contributed by atoms with Crippen LogP contribution in [0.15, 0.2) is 74.1 Å². The SMILES string of the molecule is CCOC(=O)C1=C(C)N=c2s/c(=C\c3cc(Br)c(OCc4ccc(Cl)cc4Cl)c(OC)c3)c(=O)n2[C@@H]1c1ccc(OC)cc1OC. The zero-order valence-corrected chi connectivity index (χ0v) is 29.4. The molecule has 0 saturated carbocycles. The number of hydrogen-bond acceptors (Lipinski definition) is 9. The maximum absolute atomic E-state index is 14.1. The van der Waals surface area contributed by atoms with Crippen molar-refractivity contribution in [1.29, 1.82) is 0 Å². The maximum atomic E-state index is 14.1. The van der Waals surface area contributed by atoms with E-state index in [1.54, 1.807) is 69.5 Å². The Morgan fingerprint density at radius 1 is 1.04 bits per heavy atom. The average Bonchev–Trinajstić information content (AvgIpc) is 3.33. The molecule has 0 aliphatic carbocycles. The quantitative estimate of drug-likeness (QED) is 0.172. The lowest BCUT2D eigenvalue weighted by molar-refractivity contribution is -0.139. The molecule has 3 aromatic carbocycles. The molecule has 9 nitrogen and oxygen atoms in total. The van der Waals surface area contributed by atoms with Crippen LogP contribution in [0.2, 0.25) is 10.0 Å². The number of carbonyl (C=O) groups excluding carboxylic acids is 1. The van der Waals surface area contributed by atoms with Crippen LogP contribution in [-0.4, -0.2) is 38.5 Å². The van der Waals surface area contributed by atoms with Crippen molar-refractivity contribution < 1.29 is 28.5 Å². The second-order valence-electron chi connectivity index (χ2n) is 9.97. The molecule has 1 atom stereocenters. The van der Waals surface area contributed by atoms with Crippen LogP contribution in [-0.2, 0) is 16.1 Å². The van der Waals surface area contributed by atoms with Gasteiger partial charge in [-0.3, -0.25) is 9.36 Å². The van der Waals surface area contributed by atoms with Gasteiger partial charge in [-0.25, -0.2) is 9.79 Å². The summed E-state index contributed by atoms with van der Waals surface area (Å²) >= 11 is 17.1. The van der Waals surface area contributed by atoms with Crippen LogP contribution in [0, 0.1) is 0 Å². The van der Waals surface area contributed by atoms with E-state index in [0.717, 1.165) is 5.56 Å². The second-order valence-corrected chi connectivity index (χ2v) is 12.7. The van der Waals surface area contributed by atoms with Crippen molar-refractivity contribution in [2.24, 2.45) is 4.99 Å². The van der Waals surface area contributed by atoms with Crippen molar-refractivity contribution in [3.8, 4) is 23.0 Å². The van der Waals surface area contributed by atoms with Gasteiger partial charge in [-0.2, -0.15) is 0 Å². The summed E-state index contributed by atoms with van der Waals surface area (Å²) in [4.78, 5) is 32.5. The van der Waals surface area contributed by atoms with Crippen LogP contribution >= 0.6 is 50.5 Å². The number of halogens is 3. The average molecular weight is 748 g/mol. The molecule has 1 aliphatic heterocycles. The maximum Gasteiger partial charge on any atom is 0.338 e. The van der Waals surface area contributed by atoms with E-state index in [0.29, 0.717) is 63.7 Å². The van der Waals surface area contributed by atoms with Gasteiger partial charge < -0.3 is 23.7 Å². The lowest BCUT2D eigenvalue weighted by Crippen LogP contribution is -2.40. The number of carbonyl (C=O) groups is 1. The summed E-state index contributed by atoms with van der Waals surface area (Å²) in [5.74, 6) is 1.35. The minimum atomic E-state index is -0.852. The number of hydrogen-bond donors (Lipinski definition) is 0. The first kappa shape index (κ1) is 33.6. The van der Waals surface area contributed by atoms with Crippen LogP contribution in [0.25, 0.3) is 6.08 Å². The molecule has 5 rings (SSSR count). The molecule has 0 fully saturated rings. The number of aromatic nitrogens is 1. The highest BCUT2D eigenvalue weighted by Gasteiger charge is 2.35. The van der Waals surface area contributed by atoms with E-state index in [1.807, 2.05) is 6.07 Å². The molecule has 46 heavy (non-hydrogen) atoms. The highest BCUT2D eigenvalue weighted by molar-refractivity contribution is 9.10. The molecule has 0 radical (unpaired) electrons. The van der Waals surface area contributed by atoms with E-state index in [-0.39, 0.29) is 24.3 Å². The Morgan fingerprint density at radius 3 is 2.48 bits per heavy atom. The molecule has 2 heterocycles. The number of esters is 1. The number of methoxy groups -OCH3 is 3. The summed E-state index contributed by atoms with van der Waals surface area (Å²) in [5, 5.41) is 1.02. The third kappa shape index (κ3) is 6.69. The summed E-state index contributed by atoms with van der Waals surface area (Å²) in [6, 6.07) is 13.1. The zero-order chi connectivity index (χ0) is 33.1. The molecular weight excluding hydrogens is 719 g/mol. The number of benzene rings is 3. The standard InChI is InChI=1S/C33H29BrCl2N2O7S/c1-6-44-32(40)28-17(2)37-33-38(29(28)22-10-9-21(41-3)15-25(22)42-4)31(39)27(46-33)13-18-11-23(34)30(26(12-18)43-5)45-16-19-7-8-20(35)14-24(19)36/h7-15,29H,6,16H2,1-5H3/b27-13-/t29-/m1/s1. The highest BCUT2D eigenvalue weighted by atomic mass is 79.9. The van der Waals surface area contributed by atoms with E-state index in [1.165, 1.54) is 30.1 Å². The number of fused-ring (bicyclic) bond motifs is 1. The Morgan fingerprint density at radius 2 is 1.80 bits per heavy atom. The van der Waals surface area contributed by atoms with Gasteiger partial charge in [0.05, 0.1) is 48.2 Å². The lowest BCUT2D eigenvalue weighted by Gasteiger charge is -2.26. The van der Waals surface area contributed by atoms with Crippen molar-refractivity contribution >= 4 is 62.5 Å². The molecule has 0 spiro atoms. The number of allylic oxidation sites excluding steroid dienone is 1. The molecule has 13 heteroatoms. The minimum absolute atomic E-state index is 0.162. The van der Waals surface area contributed by atoms with Gasteiger partial charge in [-0.15, -0.1) is 0 Å². The third-order valence-corrected chi connectivity index (χ3v) is 9.35. The minimum Gasteiger partial charge on any atom is -0.497 e. The van der Waals surface area contributed by atoms with Gasteiger partial charge in [0.2, 0.25) is 0 Å². The van der Waals surface area contributed by atoms with Gasteiger partial charge in [-0.1, -0.05) is 40.6 Å². The summed E-state index contributed by atoms with van der Waals surface area (Å²) in [6.45, 7) is 3.79. The first-order chi connectivity index (χ1) is 22.1. The Bertz CT molecular complexity index is 2040. The third-order valence-electron chi connectivity index (χ3n) is 7.19. The first-order valence-corrected chi connectivity index (χ1v) is 16.3. The molecule has 1 aromatic heterocycles. The molecule has 0 unspecified atom stereocenters. The van der Waals surface area contributed by atoms with Gasteiger partial charge >= 0.3 is 5.97 Å². The van der Waals surface area contributed by atoms with E-state index in [4.69, 9.17) is 46.9 Å². The fraction of sp³-hybridized carbons (Fsp3) is 0.242. The molecule has 0 amide bonds. The van der Waals surface area contributed by atoms with Crippen molar-refractivity contribution in [1.82, 2.24) is 4.57 Å². The largest absolute Gasteiger partial charge is 0.497 e. The predicted octanol–water partition coefficient (Wildman–Crippen LogP) is 6.47. The topological polar surface area (TPSA) is 97.6 Å². The first-order valence-electron chi connectivity index (χ1n) is 14.0. The summed E-state index contributed by atoms with van der Waals surface area (Å²) in [6.07, 6.45) is 1.74. The van der Waals surface area contributed by atoms with E-state index < -0.39 is 12.0 Å². The van der Waals surface area contributed by atoms with Crippen molar-refractivity contribution in [2.45, 2.75) is 26.5 Å². The normalized spacial score (nSPS) is 14.4. The van der Waals surface area contributed by atoms with E-state index in [2.05, 4.69) is 20.9 Å². The van der Waals surface area contributed by atoms with Crippen LogP contribution in [0.1, 0.15) is 36.6 Å². The Hall–Kier alpha value is -3.77. The molecule has 240 valence electrons. The highest BCUT2D eigenvalue weighted by Crippen LogP contribution is 2.39. The van der Waals surface area contributed by atoms with Crippen LogP contribution in [0.4, 0.5) is 0 Å². The van der Waals surface area contributed by atoms with Crippen molar-refractivity contribution in [3.63, 3.8) is 0 Å². The van der Waals surface area contributed by atoms with Gasteiger partial charge in [0.25, 0.3) is 5.56 Å². The van der Waals surface area contributed by atoms with Crippen LogP contribution < -0.4 is 33.8 Å². The smallest absolute Gasteiger partial charge is 0.338 e. The Labute approximate surface area is 287 Å². The fourth-order valence-electron chi connectivity index (χ4n) is 5.03. The molecule has 0 bridgehead atoms. The number of ether oxygens (including phenoxy) is 5. The number of nitrogens with zero attached hydrogens (tertiary/aromatic N) is 2. The van der Waals surface area contributed by atoms with Gasteiger partial charge in [0.1, 0.15) is 24.1 Å². The molecule has 4 aromatic rings. The van der Waals surface area contributed by atoms with Gasteiger partial charge in [0.15, 0.2) is 16.3 Å². The summed E-state index contributed by atoms with van der Waals surface area (Å²) < 4.78 is 30.7. The van der Waals surface area contributed by atoms with Crippen molar-refractivity contribution in [3.05, 3.63) is 111 Å². The monoisotopic (exact) mass is 746 g/mol. The summed E-state index contributed by atoms with van der Waals surface area (Å²) in [5.41, 5.74) is 2.36. The van der Waals surface area contributed by atoms with Gasteiger partial charge in [0, 0.05) is 27.2 Å². The lowest BCUT2D eigenvalue weighted by atomic mass is 9.95. The number of thiazole rings is 1. The van der Waals surface area contributed by atoms with Crippen LogP contribution in [0.3, 0.4) is 0 Å².